The first kappa shape index (κ1) is 15.7. The molecule has 8 heteroatoms. The Morgan fingerprint density at radius 3 is 2.76 bits per heavy atom. The van der Waals surface area contributed by atoms with E-state index in [1.54, 1.807) is 11.2 Å². The quantitative estimate of drug-likeness (QED) is 0.822. The Kier molecular flexibility index (Phi) is 4.31. The Bertz CT molecular complexity index is 631. The first-order chi connectivity index (χ1) is 9.89. The fraction of sp³-hybridized carbons (Fsp3) is 0.769. The third-order valence-electron chi connectivity index (χ3n) is 4.40. The molecular formula is C13H20ClN3O2S2. The lowest BCUT2D eigenvalue weighted by molar-refractivity contribution is 0.0565. The van der Waals surface area contributed by atoms with E-state index in [-0.39, 0.29) is 10.5 Å². The molecule has 118 valence electrons. The standard InChI is InChI=1S/C13H20ClN3O2S2/c1-9-7-16-6-4-3-5-11(16)8-17(9)21(18,19)12-10(2)15-13(14)20-12/h9,11H,3-8H2,1-2H3. The molecule has 1 aromatic rings. The maximum atomic E-state index is 12.9. The molecule has 21 heavy (non-hydrogen) atoms. The fourth-order valence-electron chi connectivity index (χ4n) is 3.36. The summed E-state index contributed by atoms with van der Waals surface area (Å²) >= 11 is 6.93. The molecule has 2 fully saturated rings. The third-order valence-corrected chi connectivity index (χ3v) is 8.23. The summed E-state index contributed by atoms with van der Waals surface area (Å²) in [4.78, 5) is 6.48. The van der Waals surface area contributed by atoms with Crippen LogP contribution in [0.15, 0.2) is 4.21 Å². The van der Waals surface area contributed by atoms with Crippen molar-refractivity contribution in [1.82, 2.24) is 14.2 Å². The minimum atomic E-state index is -3.49. The van der Waals surface area contributed by atoms with Crippen LogP contribution >= 0.6 is 22.9 Å². The van der Waals surface area contributed by atoms with Gasteiger partial charge in [-0.3, -0.25) is 4.90 Å². The van der Waals surface area contributed by atoms with Gasteiger partial charge in [-0.25, -0.2) is 13.4 Å². The number of nitrogens with zero attached hydrogens (tertiary/aromatic N) is 3. The number of halogens is 1. The topological polar surface area (TPSA) is 53.5 Å². The van der Waals surface area contributed by atoms with Gasteiger partial charge in [0.25, 0.3) is 10.0 Å². The number of fused-ring (bicyclic) bond motifs is 1. The highest BCUT2D eigenvalue weighted by atomic mass is 35.5. The molecular weight excluding hydrogens is 330 g/mol. The van der Waals surface area contributed by atoms with Gasteiger partial charge in [-0.2, -0.15) is 4.31 Å². The zero-order valence-corrected chi connectivity index (χ0v) is 14.6. The molecule has 2 unspecified atom stereocenters. The summed E-state index contributed by atoms with van der Waals surface area (Å²) < 4.78 is 28.1. The van der Waals surface area contributed by atoms with Gasteiger partial charge in [0.1, 0.15) is 0 Å². The highest BCUT2D eigenvalue weighted by molar-refractivity contribution is 7.91. The van der Waals surface area contributed by atoms with Gasteiger partial charge in [0.2, 0.25) is 0 Å². The number of sulfonamides is 1. The van der Waals surface area contributed by atoms with E-state index in [9.17, 15) is 8.42 Å². The number of thiazole rings is 1. The molecule has 5 nitrogen and oxygen atoms in total. The normalized spacial score (nSPS) is 28.5. The van der Waals surface area contributed by atoms with E-state index in [0.717, 1.165) is 30.8 Å². The van der Waals surface area contributed by atoms with Crippen molar-refractivity contribution in [3.05, 3.63) is 10.2 Å². The van der Waals surface area contributed by atoms with Gasteiger partial charge in [0.15, 0.2) is 8.68 Å². The molecule has 3 heterocycles. The molecule has 0 radical (unpaired) electrons. The summed E-state index contributed by atoms with van der Waals surface area (Å²) in [6.07, 6.45) is 3.50. The Morgan fingerprint density at radius 1 is 1.33 bits per heavy atom. The summed E-state index contributed by atoms with van der Waals surface area (Å²) in [5.41, 5.74) is 0.503. The monoisotopic (exact) mass is 349 g/mol. The molecule has 0 amide bonds. The maximum Gasteiger partial charge on any atom is 0.254 e. The lowest BCUT2D eigenvalue weighted by Gasteiger charge is -2.46. The van der Waals surface area contributed by atoms with Crippen LogP contribution in [0.2, 0.25) is 4.47 Å². The van der Waals surface area contributed by atoms with Crippen molar-refractivity contribution < 1.29 is 8.42 Å². The van der Waals surface area contributed by atoms with Gasteiger partial charge in [-0.05, 0) is 33.2 Å². The minimum Gasteiger partial charge on any atom is -0.297 e. The van der Waals surface area contributed by atoms with Gasteiger partial charge >= 0.3 is 0 Å². The fourth-order valence-corrected chi connectivity index (χ4v) is 6.87. The van der Waals surface area contributed by atoms with Crippen LogP contribution < -0.4 is 0 Å². The molecule has 0 aromatic carbocycles. The number of hydrogen-bond acceptors (Lipinski definition) is 5. The number of rotatable bonds is 2. The van der Waals surface area contributed by atoms with E-state index in [1.165, 1.54) is 12.8 Å². The van der Waals surface area contributed by atoms with Crippen LogP contribution in [0.3, 0.4) is 0 Å². The molecule has 0 spiro atoms. The molecule has 0 aliphatic carbocycles. The minimum absolute atomic E-state index is 0.00961. The highest BCUT2D eigenvalue weighted by Gasteiger charge is 2.40. The first-order valence-corrected chi connectivity index (χ1v) is 9.92. The number of piperidine rings is 1. The van der Waals surface area contributed by atoms with Crippen molar-refractivity contribution in [1.29, 1.82) is 0 Å². The molecule has 0 saturated carbocycles. The van der Waals surface area contributed by atoms with Crippen LogP contribution in [0.4, 0.5) is 0 Å². The van der Waals surface area contributed by atoms with E-state index in [0.29, 0.717) is 22.5 Å². The van der Waals surface area contributed by atoms with E-state index in [4.69, 9.17) is 11.6 Å². The third kappa shape index (κ3) is 2.86. The number of aryl methyl sites for hydroxylation is 1. The maximum absolute atomic E-state index is 12.9. The molecule has 1 aromatic heterocycles. The Morgan fingerprint density at radius 2 is 2.10 bits per heavy atom. The summed E-state index contributed by atoms with van der Waals surface area (Å²) in [5.74, 6) is 0. The second-order valence-corrected chi connectivity index (χ2v) is 9.57. The number of aromatic nitrogens is 1. The van der Waals surface area contributed by atoms with E-state index >= 15 is 0 Å². The molecule has 2 aliphatic heterocycles. The van der Waals surface area contributed by atoms with E-state index in [1.807, 2.05) is 6.92 Å². The van der Waals surface area contributed by atoms with Crippen molar-refractivity contribution in [2.75, 3.05) is 19.6 Å². The summed E-state index contributed by atoms with van der Waals surface area (Å²) in [7, 11) is -3.49. The van der Waals surface area contributed by atoms with Crippen LogP contribution in [0, 0.1) is 6.92 Å². The van der Waals surface area contributed by atoms with Gasteiger partial charge < -0.3 is 0 Å². The summed E-state index contributed by atoms with van der Waals surface area (Å²) in [5, 5.41) is 0. The molecule has 0 N–H and O–H groups in total. The van der Waals surface area contributed by atoms with Gasteiger partial charge in [0, 0.05) is 25.2 Å². The highest BCUT2D eigenvalue weighted by Crippen LogP contribution is 2.33. The second kappa shape index (κ2) is 5.77. The zero-order valence-electron chi connectivity index (χ0n) is 12.2. The van der Waals surface area contributed by atoms with Gasteiger partial charge in [0.05, 0.1) is 5.69 Å². The van der Waals surface area contributed by atoms with E-state index in [2.05, 4.69) is 9.88 Å². The lowest BCUT2D eigenvalue weighted by atomic mass is 9.99. The van der Waals surface area contributed by atoms with Crippen molar-refractivity contribution in [2.45, 2.75) is 49.4 Å². The largest absolute Gasteiger partial charge is 0.297 e. The molecule has 2 aliphatic rings. The molecule has 3 rings (SSSR count). The predicted octanol–water partition coefficient (Wildman–Crippen LogP) is 2.35. The summed E-state index contributed by atoms with van der Waals surface area (Å²) in [6, 6.07) is 0.345. The smallest absolute Gasteiger partial charge is 0.254 e. The SMILES string of the molecule is Cc1nc(Cl)sc1S(=O)(=O)N1CC2CCCCN2CC1C. The summed E-state index contributed by atoms with van der Waals surface area (Å²) in [6.45, 7) is 6.18. The molecule has 0 bridgehead atoms. The molecule has 2 saturated heterocycles. The van der Waals surface area contributed by atoms with Gasteiger partial charge in [-0.15, -0.1) is 0 Å². The van der Waals surface area contributed by atoms with E-state index < -0.39 is 10.0 Å². The van der Waals surface area contributed by atoms with Crippen molar-refractivity contribution in [3.63, 3.8) is 0 Å². The van der Waals surface area contributed by atoms with Crippen LogP contribution in [0.25, 0.3) is 0 Å². The Balaban J connectivity index is 1.89. The van der Waals surface area contributed by atoms with Crippen molar-refractivity contribution in [3.8, 4) is 0 Å². The van der Waals surface area contributed by atoms with Crippen LogP contribution in [-0.2, 0) is 10.0 Å². The van der Waals surface area contributed by atoms with Gasteiger partial charge in [-0.1, -0.05) is 29.4 Å². The average Bonchev–Trinajstić information content (AvgIpc) is 2.77. The Labute approximate surface area is 135 Å². The zero-order chi connectivity index (χ0) is 15.2. The van der Waals surface area contributed by atoms with Crippen LogP contribution in [0.5, 0.6) is 0 Å². The lowest BCUT2D eigenvalue weighted by Crippen LogP contribution is -2.59. The van der Waals surface area contributed by atoms with Crippen molar-refractivity contribution in [2.24, 2.45) is 0 Å². The second-order valence-electron chi connectivity index (χ2n) is 5.91. The van der Waals surface area contributed by atoms with Crippen LogP contribution in [-0.4, -0.2) is 54.3 Å². The predicted molar refractivity (Wildman–Crippen MR) is 84.4 cm³/mol. The molecule has 2 atom stereocenters. The average molecular weight is 350 g/mol. The number of piperazine rings is 1. The first-order valence-electron chi connectivity index (χ1n) is 7.28. The van der Waals surface area contributed by atoms with Crippen molar-refractivity contribution >= 4 is 33.0 Å². The Hall–Kier alpha value is -0.210. The van der Waals surface area contributed by atoms with Crippen LogP contribution in [0.1, 0.15) is 31.9 Å². The number of hydrogen-bond donors (Lipinski definition) is 0.